The van der Waals surface area contributed by atoms with Crippen LogP contribution in [0.25, 0.3) is 0 Å². The normalized spacial score (nSPS) is 14.1. The molecule has 0 saturated carbocycles. The van der Waals surface area contributed by atoms with Gasteiger partial charge in [-0.2, -0.15) is 0 Å². The number of carbonyl (C=O) groups excluding carboxylic acids is 2. The van der Waals surface area contributed by atoms with Crippen LogP contribution in [-0.2, 0) is 32.7 Å². The van der Waals surface area contributed by atoms with Crippen LogP contribution in [0, 0.1) is 0 Å². The van der Waals surface area contributed by atoms with Crippen molar-refractivity contribution in [3.63, 3.8) is 0 Å². The number of hydrogen-bond acceptors (Lipinski definition) is 8. The summed E-state index contributed by atoms with van der Waals surface area (Å²) >= 11 is 0. The molecule has 9 nitrogen and oxygen atoms in total. The highest BCUT2D eigenvalue weighted by molar-refractivity contribution is 7.45. The second-order valence-corrected chi connectivity index (χ2v) is 26.6. The molecule has 0 aromatic heterocycles. The van der Waals surface area contributed by atoms with Gasteiger partial charge in [-0.3, -0.25) is 14.2 Å². The van der Waals surface area contributed by atoms with Gasteiger partial charge in [-0.1, -0.05) is 312 Å². The van der Waals surface area contributed by atoms with Crippen molar-refractivity contribution in [3.8, 4) is 0 Å². The van der Waals surface area contributed by atoms with Gasteiger partial charge in [0.1, 0.15) is 19.8 Å². The number of nitrogens with zero attached hydrogens (tertiary/aromatic N) is 1. The molecule has 10 heteroatoms. The van der Waals surface area contributed by atoms with E-state index in [1.807, 2.05) is 21.1 Å². The molecular formula is C82H136NO8P. The monoisotopic (exact) mass is 1290 g/mol. The predicted molar refractivity (Wildman–Crippen MR) is 396 cm³/mol. The Balaban J connectivity index is 4.07. The molecule has 0 heterocycles. The lowest BCUT2D eigenvalue weighted by molar-refractivity contribution is -0.870. The van der Waals surface area contributed by atoms with E-state index < -0.39 is 32.5 Å². The lowest BCUT2D eigenvalue weighted by Gasteiger charge is -2.28. The molecule has 0 spiro atoms. The van der Waals surface area contributed by atoms with Crippen LogP contribution in [0.2, 0.25) is 0 Å². The number of allylic oxidation sites excluding steroid dienone is 28. The summed E-state index contributed by atoms with van der Waals surface area (Å²) < 4.78 is 34.3. The number of rotatable bonds is 66. The first kappa shape index (κ1) is 87.4. The number of unbranched alkanes of at least 4 members (excludes halogenated alkanes) is 24. The van der Waals surface area contributed by atoms with Gasteiger partial charge >= 0.3 is 11.9 Å². The molecule has 0 saturated heterocycles. The summed E-state index contributed by atoms with van der Waals surface area (Å²) in [5.74, 6) is -0.843. The van der Waals surface area contributed by atoms with Gasteiger partial charge in [0.05, 0.1) is 27.7 Å². The van der Waals surface area contributed by atoms with E-state index in [1.54, 1.807) is 0 Å². The Morgan fingerprint density at radius 2 is 0.587 bits per heavy atom. The number of carbonyl (C=O) groups is 2. The van der Waals surface area contributed by atoms with Crippen LogP contribution < -0.4 is 4.89 Å². The number of ether oxygens (including phenoxy) is 2. The van der Waals surface area contributed by atoms with Crippen LogP contribution in [-0.4, -0.2) is 70.0 Å². The molecule has 2 unspecified atom stereocenters. The van der Waals surface area contributed by atoms with Crippen molar-refractivity contribution in [3.05, 3.63) is 170 Å². The van der Waals surface area contributed by atoms with E-state index in [0.29, 0.717) is 17.4 Å². The molecule has 0 aliphatic carbocycles. The average molecular weight is 1290 g/mol. The Morgan fingerprint density at radius 3 is 0.870 bits per heavy atom. The SMILES string of the molecule is CC/C=C\C/C=C\C/C=C\C/C=C\C/C=C\C/C=C\C/C=C\C/C=C\CCCCCCCCCCCCCCCCC(=O)OC(COC(=O)CCCCCCCCCCCC/C=C\C/C=C\C/C=C\C/C=C\C/C=C\C/C=C\CC)COP(=O)([O-])OCC[N+](C)(C)C. The third-order valence-electron chi connectivity index (χ3n) is 15.2. The number of phosphoric acid groups is 1. The fourth-order valence-corrected chi connectivity index (χ4v) is 10.4. The van der Waals surface area contributed by atoms with E-state index in [0.717, 1.165) is 141 Å². The molecule has 0 fully saturated rings. The van der Waals surface area contributed by atoms with Crippen LogP contribution in [0.15, 0.2) is 170 Å². The average Bonchev–Trinajstić information content (AvgIpc) is 2.14. The third-order valence-corrected chi connectivity index (χ3v) is 16.2. The second kappa shape index (κ2) is 70.7. The first-order chi connectivity index (χ1) is 45.0. The molecular weight excluding hydrogens is 1160 g/mol. The van der Waals surface area contributed by atoms with Crippen molar-refractivity contribution >= 4 is 19.8 Å². The van der Waals surface area contributed by atoms with Crippen molar-refractivity contribution in [1.82, 2.24) is 0 Å². The summed E-state index contributed by atoms with van der Waals surface area (Å²) in [6, 6.07) is 0. The topological polar surface area (TPSA) is 111 Å². The lowest BCUT2D eigenvalue weighted by Crippen LogP contribution is -2.37. The number of phosphoric ester groups is 1. The minimum atomic E-state index is -4.66. The third kappa shape index (κ3) is 74.4. The molecule has 0 bridgehead atoms. The highest BCUT2D eigenvalue weighted by Gasteiger charge is 2.22. The zero-order valence-corrected chi connectivity index (χ0v) is 60.3. The molecule has 0 aromatic carbocycles. The summed E-state index contributed by atoms with van der Waals surface area (Å²) in [6.07, 6.45) is 107. The van der Waals surface area contributed by atoms with E-state index in [2.05, 4.69) is 184 Å². The van der Waals surface area contributed by atoms with Gasteiger partial charge in [0, 0.05) is 12.8 Å². The van der Waals surface area contributed by atoms with Gasteiger partial charge in [-0.15, -0.1) is 0 Å². The molecule has 92 heavy (non-hydrogen) atoms. The summed E-state index contributed by atoms with van der Waals surface area (Å²) in [7, 11) is 1.15. The zero-order valence-electron chi connectivity index (χ0n) is 59.4. The summed E-state index contributed by atoms with van der Waals surface area (Å²) in [5, 5.41) is 0. The van der Waals surface area contributed by atoms with Crippen LogP contribution >= 0.6 is 7.82 Å². The van der Waals surface area contributed by atoms with E-state index in [4.69, 9.17) is 18.5 Å². The van der Waals surface area contributed by atoms with Gasteiger partial charge in [0.15, 0.2) is 6.10 Å². The molecule has 0 N–H and O–H groups in total. The Bertz CT molecular complexity index is 2160. The van der Waals surface area contributed by atoms with Crippen LogP contribution in [0.3, 0.4) is 0 Å². The quantitative estimate of drug-likeness (QED) is 0.0195. The first-order valence-corrected chi connectivity index (χ1v) is 38.3. The molecule has 0 radical (unpaired) electrons. The second-order valence-electron chi connectivity index (χ2n) is 25.2. The van der Waals surface area contributed by atoms with Crippen LogP contribution in [0.4, 0.5) is 0 Å². The summed E-state index contributed by atoms with van der Waals surface area (Å²) in [4.78, 5) is 38.1. The van der Waals surface area contributed by atoms with Gasteiger partial charge in [0.2, 0.25) is 0 Å². The number of esters is 2. The van der Waals surface area contributed by atoms with E-state index >= 15 is 0 Å². The van der Waals surface area contributed by atoms with Crippen molar-refractivity contribution in [2.75, 3.05) is 47.5 Å². The van der Waals surface area contributed by atoms with Crippen molar-refractivity contribution in [2.24, 2.45) is 0 Å². The van der Waals surface area contributed by atoms with Gasteiger partial charge in [-0.05, 0) is 128 Å². The van der Waals surface area contributed by atoms with E-state index in [-0.39, 0.29) is 26.1 Å². The predicted octanol–water partition coefficient (Wildman–Crippen LogP) is 23.9. The molecule has 0 aromatic rings. The lowest BCUT2D eigenvalue weighted by atomic mass is 10.0. The highest BCUT2D eigenvalue weighted by atomic mass is 31.2. The van der Waals surface area contributed by atoms with Crippen molar-refractivity contribution < 1.29 is 42.1 Å². The molecule has 0 aliphatic rings. The fourth-order valence-electron chi connectivity index (χ4n) is 9.68. The molecule has 0 aliphatic heterocycles. The number of quaternary nitrogens is 1. The minimum Gasteiger partial charge on any atom is -0.756 e. The number of likely N-dealkylation sites (N-methyl/N-ethyl adjacent to an activating group) is 1. The van der Waals surface area contributed by atoms with Crippen LogP contribution in [0.5, 0.6) is 0 Å². The highest BCUT2D eigenvalue weighted by Crippen LogP contribution is 2.38. The molecule has 2 atom stereocenters. The Morgan fingerprint density at radius 1 is 0.337 bits per heavy atom. The zero-order chi connectivity index (χ0) is 66.9. The Labute approximate surface area is 566 Å². The maximum Gasteiger partial charge on any atom is 0.306 e. The smallest absolute Gasteiger partial charge is 0.306 e. The Kier molecular flexibility index (Phi) is 67.1. The first-order valence-electron chi connectivity index (χ1n) is 36.8. The van der Waals surface area contributed by atoms with Crippen molar-refractivity contribution in [1.29, 1.82) is 0 Å². The summed E-state index contributed by atoms with van der Waals surface area (Å²) in [5.41, 5.74) is 0. The molecule has 522 valence electrons. The maximum atomic E-state index is 12.9. The van der Waals surface area contributed by atoms with Crippen molar-refractivity contribution in [2.45, 2.75) is 290 Å². The Hall–Kier alpha value is -4.63. The molecule has 0 rings (SSSR count). The standard InChI is InChI=1S/C82H136NO8P/c1-6-8-10-12-14-16-18-20-22-24-26-28-30-32-34-36-37-38-39-40-41-42-43-44-45-47-49-51-53-55-57-59-61-63-65-67-69-71-73-75-82(85)91-80(79-90-92(86,87)89-77-76-83(3,4)5)78-88-81(84)74-72-70-68-66-64-62-60-58-56-54-52-50-48-46-35-33-31-29-27-25-23-21-19-17-15-13-11-9-7-2/h8-11,14-17,20-23,26-29,32-35,37-38,40-41,43-44,48,50,80H,6-7,12-13,18-19,24-25,30-31,36,39,42,45-47,49,51-79H2,1-5H3/b10-8-,11-9-,16-14-,17-15-,22-20-,23-21-,28-26-,29-27-,34-32-,35-33-,38-37-,41-40-,44-43-,50-48-. The van der Waals surface area contributed by atoms with Gasteiger partial charge in [-0.25, -0.2) is 0 Å². The van der Waals surface area contributed by atoms with Gasteiger partial charge in [0.25, 0.3) is 7.82 Å². The maximum absolute atomic E-state index is 12.9. The minimum absolute atomic E-state index is 0.0389. The largest absolute Gasteiger partial charge is 0.756 e. The van der Waals surface area contributed by atoms with Gasteiger partial charge < -0.3 is 27.9 Å². The van der Waals surface area contributed by atoms with E-state index in [1.165, 1.54) is 109 Å². The van der Waals surface area contributed by atoms with Crippen LogP contribution in [0.1, 0.15) is 284 Å². The van der Waals surface area contributed by atoms with E-state index in [9.17, 15) is 19.0 Å². The number of hydrogen-bond donors (Lipinski definition) is 0. The molecule has 0 amide bonds. The fraction of sp³-hybridized carbons (Fsp3) is 0.634. The summed E-state index contributed by atoms with van der Waals surface area (Å²) in [6.45, 7) is 4.01.